The van der Waals surface area contributed by atoms with Gasteiger partial charge in [0, 0.05) is 5.69 Å². The summed E-state index contributed by atoms with van der Waals surface area (Å²) in [5.41, 5.74) is 1.63. The highest BCUT2D eigenvalue weighted by Gasteiger charge is 2.11. The van der Waals surface area contributed by atoms with E-state index in [0.29, 0.717) is 26.9 Å². The first-order valence-corrected chi connectivity index (χ1v) is 6.85. The van der Waals surface area contributed by atoms with Crippen LogP contribution in [0.25, 0.3) is 0 Å². The highest BCUT2D eigenvalue weighted by molar-refractivity contribution is 7.94. The highest BCUT2D eigenvalue weighted by Crippen LogP contribution is 2.36. The van der Waals surface area contributed by atoms with Crippen molar-refractivity contribution in [2.24, 2.45) is 0 Å². The standard InChI is InChI=1S/C14H11ClFNO2S/c15-10-5-3-7-12(20-16)14(10)17-11-6-2-1-4-9(11)8-13(18)19/h1-7,17H,8H2,(H,18,19). The van der Waals surface area contributed by atoms with Crippen molar-refractivity contribution in [3.63, 3.8) is 0 Å². The van der Waals surface area contributed by atoms with Gasteiger partial charge in [-0.3, -0.25) is 4.79 Å². The lowest BCUT2D eigenvalue weighted by atomic mass is 10.1. The number of benzene rings is 2. The van der Waals surface area contributed by atoms with E-state index in [2.05, 4.69) is 5.32 Å². The normalized spacial score (nSPS) is 10.3. The van der Waals surface area contributed by atoms with Gasteiger partial charge in [-0.1, -0.05) is 35.9 Å². The van der Waals surface area contributed by atoms with Gasteiger partial charge in [0.15, 0.2) is 0 Å². The Kier molecular flexibility index (Phi) is 4.87. The number of aliphatic carboxylic acids is 1. The smallest absolute Gasteiger partial charge is 0.307 e. The molecule has 6 heteroatoms. The molecule has 0 unspecified atom stereocenters. The van der Waals surface area contributed by atoms with Gasteiger partial charge < -0.3 is 10.4 Å². The summed E-state index contributed by atoms with van der Waals surface area (Å²) in [6.45, 7) is 0. The fourth-order valence-corrected chi connectivity index (χ4v) is 2.43. The molecular weight excluding hydrogens is 301 g/mol. The molecule has 2 aromatic carbocycles. The van der Waals surface area contributed by atoms with E-state index in [9.17, 15) is 8.68 Å². The molecule has 0 radical (unpaired) electrons. The second kappa shape index (κ2) is 6.63. The number of hydrogen-bond donors (Lipinski definition) is 2. The summed E-state index contributed by atoms with van der Waals surface area (Å²) in [6, 6.07) is 11.8. The van der Waals surface area contributed by atoms with Crippen LogP contribution in [-0.2, 0) is 11.2 Å². The second-order valence-electron chi connectivity index (χ2n) is 4.04. The molecular formula is C14H11ClFNO2S. The van der Waals surface area contributed by atoms with Crippen molar-refractivity contribution in [1.29, 1.82) is 0 Å². The number of nitrogens with one attached hydrogen (secondary N) is 1. The summed E-state index contributed by atoms with van der Waals surface area (Å²) >= 11 is 6.14. The summed E-state index contributed by atoms with van der Waals surface area (Å²) in [5, 5.41) is 12.3. The Balaban J connectivity index is 2.38. The second-order valence-corrected chi connectivity index (χ2v) is 5.04. The van der Waals surface area contributed by atoms with Gasteiger partial charge in [0.2, 0.25) is 0 Å². The first-order valence-electron chi connectivity index (χ1n) is 5.75. The van der Waals surface area contributed by atoms with E-state index in [1.807, 2.05) is 0 Å². The maximum absolute atomic E-state index is 12.9. The topological polar surface area (TPSA) is 49.3 Å². The molecule has 0 aliphatic heterocycles. The van der Waals surface area contributed by atoms with Crippen molar-refractivity contribution in [3.8, 4) is 0 Å². The van der Waals surface area contributed by atoms with Crippen molar-refractivity contribution in [1.82, 2.24) is 0 Å². The van der Waals surface area contributed by atoms with Gasteiger partial charge in [-0.05, 0) is 23.8 Å². The summed E-state index contributed by atoms with van der Waals surface area (Å²) < 4.78 is 12.9. The van der Waals surface area contributed by atoms with Crippen LogP contribution < -0.4 is 5.32 Å². The van der Waals surface area contributed by atoms with Crippen LogP contribution in [0.15, 0.2) is 47.4 Å². The van der Waals surface area contributed by atoms with E-state index in [1.54, 1.807) is 42.5 Å². The minimum atomic E-state index is -0.932. The predicted molar refractivity (Wildman–Crippen MR) is 79.5 cm³/mol. The van der Waals surface area contributed by atoms with E-state index in [1.165, 1.54) is 0 Å². The zero-order valence-corrected chi connectivity index (χ0v) is 11.8. The summed E-state index contributed by atoms with van der Waals surface area (Å²) in [7, 11) is 0. The minimum absolute atomic E-state index is 0.0853. The molecule has 2 aromatic rings. The van der Waals surface area contributed by atoms with Crippen molar-refractivity contribution in [2.75, 3.05) is 5.32 Å². The lowest BCUT2D eigenvalue weighted by Gasteiger charge is -2.14. The summed E-state index contributed by atoms with van der Waals surface area (Å²) in [6.07, 6.45) is -0.119. The first kappa shape index (κ1) is 14.7. The fourth-order valence-electron chi connectivity index (χ4n) is 1.78. The van der Waals surface area contributed by atoms with Crippen LogP contribution in [0.4, 0.5) is 15.3 Å². The number of halogens is 2. The largest absolute Gasteiger partial charge is 0.481 e. The number of carboxylic acid groups (broad SMARTS) is 1. The molecule has 0 heterocycles. The van der Waals surface area contributed by atoms with Crippen LogP contribution in [0.1, 0.15) is 5.56 Å². The number of anilines is 2. The SMILES string of the molecule is O=C(O)Cc1ccccc1Nc1c(Cl)cccc1SF. The van der Waals surface area contributed by atoms with E-state index in [-0.39, 0.29) is 18.6 Å². The van der Waals surface area contributed by atoms with Crippen LogP contribution in [-0.4, -0.2) is 11.1 Å². The van der Waals surface area contributed by atoms with Crippen molar-refractivity contribution in [2.45, 2.75) is 11.3 Å². The zero-order valence-electron chi connectivity index (χ0n) is 10.3. The van der Waals surface area contributed by atoms with Gasteiger partial charge in [0.25, 0.3) is 0 Å². The molecule has 20 heavy (non-hydrogen) atoms. The highest BCUT2D eigenvalue weighted by atomic mass is 35.5. The van der Waals surface area contributed by atoms with Crippen LogP contribution >= 0.6 is 23.7 Å². The molecule has 0 amide bonds. The van der Waals surface area contributed by atoms with Gasteiger partial charge in [0.1, 0.15) is 0 Å². The van der Waals surface area contributed by atoms with Crippen LogP contribution in [0.5, 0.6) is 0 Å². The van der Waals surface area contributed by atoms with Gasteiger partial charge in [-0.2, -0.15) is 3.89 Å². The lowest BCUT2D eigenvalue weighted by Crippen LogP contribution is -2.04. The molecule has 3 nitrogen and oxygen atoms in total. The molecule has 0 bridgehead atoms. The molecule has 0 saturated heterocycles. The molecule has 0 spiro atoms. The maximum atomic E-state index is 12.9. The van der Waals surface area contributed by atoms with Crippen LogP contribution in [0, 0.1) is 0 Å². The van der Waals surface area contributed by atoms with Gasteiger partial charge in [-0.25, -0.2) is 0 Å². The van der Waals surface area contributed by atoms with Gasteiger partial charge in [0.05, 0.1) is 34.2 Å². The van der Waals surface area contributed by atoms with Crippen LogP contribution in [0.2, 0.25) is 5.02 Å². The average Bonchev–Trinajstić information content (AvgIpc) is 2.42. The third-order valence-electron chi connectivity index (χ3n) is 2.68. The van der Waals surface area contributed by atoms with Gasteiger partial charge in [-0.15, -0.1) is 0 Å². The van der Waals surface area contributed by atoms with E-state index in [4.69, 9.17) is 16.7 Å². The Labute approximate surface area is 125 Å². The number of para-hydroxylation sites is 2. The molecule has 0 atom stereocenters. The number of carbonyl (C=O) groups is 1. The molecule has 0 aliphatic carbocycles. The molecule has 0 aromatic heterocycles. The molecule has 2 rings (SSSR count). The van der Waals surface area contributed by atoms with Crippen molar-refractivity contribution >= 4 is 41.1 Å². The molecule has 0 saturated carbocycles. The molecule has 104 valence electrons. The fraction of sp³-hybridized carbons (Fsp3) is 0.0714. The Morgan fingerprint density at radius 1 is 1.25 bits per heavy atom. The Morgan fingerprint density at radius 3 is 2.70 bits per heavy atom. The zero-order chi connectivity index (χ0) is 14.5. The average molecular weight is 312 g/mol. The summed E-state index contributed by atoms with van der Waals surface area (Å²) in [4.78, 5) is 11.2. The quantitative estimate of drug-likeness (QED) is 0.841. The Morgan fingerprint density at radius 2 is 2.00 bits per heavy atom. The van der Waals surface area contributed by atoms with Crippen molar-refractivity contribution < 1.29 is 13.8 Å². The van der Waals surface area contributed by atoms with E-state index in [0.717, 1.165) is 0 Å². The third-order valence-corrected chi connectivity index (χ3v) is 3.50. The van der Waals surface area contributed by atoms with Gasteiger partial charge >= 0.3 is 5.97 Å². The first-order chi connectivity index (χ1) is 9.61. The van der Waals surface area contributed by atoms with E-state index >= 15 is 0 Å². The Hall–Kier alpha value is -1.72. The molecule has 0 fully saturated rings. The van der Waals surface area contributed by atoms with Crippen LogP contribution in [0.3, 0.4) is 0 Å². The Bertz CT molecular complexity index is 636. The third kappa shape index (κ3) is 3.43. The number of carboxylic acids is 1. The van der Waals surface area contributed by atoms with E-state index < -0.39 is 5.97 Å². The predicted octanol–water partition coefficient (Wildman–Crippen LogP) is 4.69. The number of rotatable bonds is 5. The minimum Gasteiger partial charge on any atom is -0.481 e. The molecule has 2 N–H and O–H groups in total. The lowest BCUT2D eigenvalue weighted by molar-refractivity contribution is -0.136. The summed E-state index contributed by atoms with van der Waals surface area (Å²) in [5.74, 6) is -0.932. The van der Waals surface area contributed by atoms with Crippen molar-refractivity contribution in [3.05, 3.63) is 53.1 Å². The molecule has 0 aliphatic rings. The monoisotopic (exact) mass is 311 g/mol. The number of hydrogen-bond acceptors (Lipinski definition) is 3. The maximum Gasteiger partial charge on any atom is 0.307 e.